The SMILES string of the molecule is CCCCCCCCCCCCCCC(O)C(COP(=O)(O)OC1C(O)C(O)C(O)C(O)C1O)NC(=O)CC(O)CCCCCCCCCCCC. The summed E-state index contributed by atoms with van der Waals surface area (Å²) in [5, 5.41) is 74.2. The number of carbonyl (C=O) groups is 1. The van der Waals surface area contributed by atoms with Crippen LogP contribution in [0.25, 0.3) is 0 Å². The molecule has 0 aromatic carbocycles. The molecule has 310 valence electrons. The molecule has 52 heavy (non-hydrogen) atoms. The number of phosphoric ester groups is 1. The number of amides is 1. The maximum absolute atomic E-state index is 12.9. The molecule has 8 unspecified atom stereocenters. The van der Waals surface area contributed by atoms with Gasteiger partial charge in [-0.1, -0.05) is 155 Å². The van der Waals surface area contributed by atoms with Crippen LogP contribution in [0.3, 0.4) is 0 Å². The van der Waals surface area contributed by atoms with Crippen LogP contribution in [0.4, 0.5) is 0 Å². The number of unbranched alkanes of at least 4 members (excludes halogenated alkanes) is 20. The molecule has 1 aliphatic rings. The lowest BCUT2D eigenvalue weighted by atomic mass is 9.85. The second kappa shape index (κ2) is 29.6. The van der Waals surface area contributed by atoms with E-state index in [1.54, 1.807) is 0 Å². The molecule has 0 heterocycles. The van der Waals surface area contributed by atoms with Gasteiger partial charge in [-0.05, 0) is 12.8 Å². The fourth-order valence-corrected chi connectivity index (χ4v) is 7.74. The van der Waals surface area contributed by atoms with Crippen LogP contribution in [-0.4, -0.2) is 108 Å². The van der Waals surface area contributed by atoms with Gasteiger partial charge in [-0.25, -0.2) is 4.57 Å². The van der Waals surface area contributed by atoms with Crippen LogP contribution >= 0.6 is 7.82 Å². The van der Waals surface area contributed by atoms with Gasteiger partial charge in [0.15, 0.2) is 0 Å². The molecular weight excluding hydrogens is 693 g/mol. The molecule has 0 saturated heterocycles. The molecule has 1 aliphatic carbocycles. The predicted molar refractivity (Wildman–Crippen MR) is 201 cm³/mol. The van der Waals surface area contributed by atoms with Crippen molar-refractivity contribution in [2.75, 3.05) is 6.61 Å². The Bertz CT molecular complexity index is 916. The quantitative estimate of drug-likeness (QED) is 0.0306. The first kappa shape index (κ1) is 49.3. The van der Waals surface area contributed by atoms with Crippen molar-refractivity contribution in [2.24, 2.45) is 0 Å². The van der Waals surface area contributed by atoms with Gasteiger partial charge in [0.25, 0.3) is 0 Å². The zero-order valence-electron chi connectivity index (χ0n) is 32.2. The van der Waals surface area contributed by atoms with Gasteiger partial charge in [-0.2, -0.15) is 0 Å². The number of hydrogen-bond acceptors (Lipinski definition) is 11. The molecule has 1 rings (SSSR count). The molecular formula is C38H76NO12P. The minimum atomic E-state index is -5.10. The van der Waals surface area contributed by atoms with Crippen molar-refractivity contribution in [1.82, 2.24) is 5.32 Å². The van der Waals surface area contributed by atoms with Gasteiger partial charge in [-0.15, -0.1) is 0 Å². The van der Waals surface area contributed by atoms with Crippen molar-refractivity contribution in [3.05, 3.63) is 0 Å². The smallest absolute Gasteiger partial charge is 0.393 e. The Morgan fingerprint density at radius 2 is 0.962 bits per heavy atom. The summed E-state index contributed by atoms with van der Waals surface area (Å²) in [5.74, 6) is -0.561. The second-order valence-electron chi connectivity index (χ2n) is 15.0. The molecule has 13 nitrogen and oxygen atoms in total. The summed E-state index contributed by atoms with van der Waals surface area (Å²) in [4.78, 5) is 23.3. The van der Waals surface area contributed by atoms with Crippen LogP contribution in [0.15, 0.2) is 0 Å². The van der Waals surface area contributed by atoms with Crippen molar-refractivity contribution >= 4 is 13.7 Å². The fourth-order valence-electron chi connectivity index (χ4n) is 6.77. The first-order chi connectivity index (χ1) is 24.8. The highest BCUT2D eigenvalue weighted by Gasteiger charge is 2.51. The normalized spacial score (nSPS) is 25.0. The third-order valence-corrected chi connectivity index (χ3v) is 11.2. The van der Waals surface area contributed by atoms with E-state index in [1.165, 1.54) is 83.5 Å². The number of rotatable bonds is 33. The second-order valence-corrected chi connectivity index (χ2v) is 16.4. The lowest BCUT2D eigenvalue weighted by Crippen LogP contribution is -2.64. The fraction of sp³-hybridized carbons (Fsp3) is 0.974. The number of nitrogens with one attached hydrogen (secondary N) is 1. The van der Waals surface area contributed by atoms with E-state index >= 15 is 0 Å². The third kappa shape index (κ3) is 22.0. The highest BCUT2D eigenvalue weighted by molar-refractivity contribution is 7.47. The lowest BCUT2D eigenvalue weighted by molar-refractivity contribution is -0.220. The molecule has 0 radical (unpaired) electrons. The van der Waals surface area contributed by atoms with Gasteiger partial charge in [-0.3, -0.25) is 13.8 Å². The monoisotopic (exact) mass is 770 g/mol. The van der Waals surface area contributed by atoms with Crippen molar-refractivity contribution in [3.63, 3.8) is 0 Å². The van der Waals surface area contributed by atoms with E-state index in [0.29, 0.717) is 12.8 Å². The van der Waals surface area contributed by atoms with E-state index in [-0.39, 0.29) is 12.8 Å². The molecule has 0 spiro atoms. The summed E-state index contributed by atoms with van der Waals surface area (Å²) < 4.78 is 22.8. The van der Waals surface area contributed by atoms with Gasteiger partial charge in [0.2, 0.25) is 5.91 Å². The van der Waals surface area contributed by atoms with Crippen LogP contribution < -0.4 is 5.32 Å². The van der Waals surface area contributed by atoms with Crippen LogP contribution in [-0.2, 0) is 18.4 Å². The average Bonchev–Trinajstić information content (AvgIpc) is 3.11. The highest BCUT2D eigenvalue weighted by Crippen LogP contribution is 2.47. The molecule has 8 atom stereocenters. The summed E-state index contributed by atoms with van der Waals surface area (Å²) in [6, 6.07) is -1.15. The Morgan fingerprint density at radius 1 is 0.596 bits per heavy atom. The molecule has 0 bridgehead atoms. The van der Waals surface area contributed by atoms with Gasteiger partial charge in [0.05, 0.1) is 31.3 Å². The van der Waals surface area contributed by atoms with E-state index in [1.807, 2.05) is 0 Å². The van der Waals surface area contributed by atoms with E-state index in [9.17, 15) is 50.0 Å². The Balaban J connectivity index is 2.61. The van der Waals surface area contributed by atoms with E-state index in [0.717, 1.165) is 51.4 Å². The standard InChI is InChI=1S/C38H76NO12P/c1-3-5-7-9-11-13-15-16-18-20-22-24-26-31(41)30(28-50-52(48,49)51-38-36(46)34(44)33(43)35(45)37(38)47)39-32(42)27-29(40)25-23-21-19-17-14-12-10-8-6-4-2/h29-31,33-38,40-41,43-47H,3-28H2,1-2H3,(H,39,42)(H,48,49). The topological polar surface area (TPSA) is 226 Å². The summed E-state index contributed by atoms with van der Waals surface area (Å²) in [6.07, 6.45) is 11.7. The van der Waals surface area contributed by atoms with Crippen molar-refractivity contribution in [1.29, 1.82) is 0 Å². The van der Waals surface area contributed by atoms with Crippen molar-refractivity contribution < 1.29 is 59.0 Å². The predicted octanol–water partition coefficient (Wildman–Crippen LogP) is 5.31. The third-order valence-electron chi connectivity index (χ3n) is 10.2. The first-order valence-electron chi connectivity index (χ1n) is 20.6. The highest BCUT2D eigenvalue weighted by atomic mass is 31.2. The molecule has 1 amide bonds. The zero-order valence-corrected chi connectivity index (χ0v) is 33.1. The van der Waals surface area contributed by atoms with Crippen molar-refractivity contribution in [2.45, 2.75) is 229 Å². The number of phosphoric acid groups is 1. The average molecular weight is 770 g/mol. The molecule has 0 aromatic heterocycles. The maximum atomic E-state index is 12.9. The number of carbonyl (C=O) groups excluding carboxylic acids is 1. The van der Waals surface area contributed by atoms with Crippen LogP contribution in [0.2, 0.25) is 0 Å². The largest absolute Gasteiger partial charge is 0.472 e. The van der Waals surface area contributed by atoms with Crippen LogP contribution in [0, 0.1) is 0 Å². The number of aliphatic hydroxyl groups is 7. The lowest BCUT2D eigenvalue weighted by Gasteiger charge is -2.41. The molecule has 0 aromatic rings. The van der Waals surface area contributed by atoms with E-state index < -0.39 is 75.2 Å². The Morgan fingerprint density at radius 3 is 1.38 bits per heavy atom. The minimum absolute atomic E-state index is 0.217. The molecule has 0 aliphatic heterocycles. The maximum Gasteiger partial charge on any atom is 0.472 e. The molecule has 14 heteroatoms. The van der Waals surface area contributed by atoms with E-state index in [2.05, 4.69) is 19.2 Å². The Kier molecular flexibility index (Phi) is 28.0. The van der Waals surface area contributed by atoms with Crippen molar-refractivity contribution in [3.8, 4) is 0 Å². The van der Waals surface area contributed by atoms with Crippen LogP contribution in [0.1, 0.15) is 174 Å². The first-order valence-corrected chi connectivity index (χ1v) is 22.1. The van der Waals surface area contributed by atoms with Gasteiger partial charge in [0, 0.05) is 0 Å². The molecule has 1 fully saturated rings. The van der Waals surface area contributed by atoms with E-state index in [4.69, 9.17) is 9.05 Å². The minimum Gasteiger partial charge on any atom is -0.393 e. The van der Waals surface area contributed by atoms with Gasteiger partial charge >= 0.3 is 7.82 Å². The number of hydrogen-bond donors (Lipinski definition) is 9. The van der Waals surface area contributed by atoms with Gasteiger partial charge in [0.1, 0.15) is 36.6 Å². The summed E-state index contributed by atoms with van der Waals surface area (Å²) in [5.41, 5.74) is 0. The Hall–Kier alpha value is -0.700. The summed E-state index contributed by atoms with van der Waals surface area (Å²) in [7, 11) is -5.10. The van der Waals surface area contributed by atoms with Gasteiger partial charge < -0.3 is 46.0 Å². The zero-order chi connectivity index (χ0) is 38.8. The summed E-state index contributed by atoms with van der Waals surface area (Å²) in [6.45, 7) is 3.74. The Labute approximate surface area is 313 Å². The molecule has 9 N–H and O–H groups in total. The molecule has 1 saturated carbocycles. The van der Waals surface area contributed by atoms with Crippen LogP contribution in [0.5, 0.6) is 0 Å². The number of aliphatic hydroxyl groups excluding tert-OH is 7. The summed E-state index contributed by atoms with van der Waals surface area (Å²) >= 11 is 0.